The highest BCUT2D eigenvalue weighted by atomic mass is 32.1. The van der Waals surface area contributed by atoms with Crippen LogP contribution in [0.25, 0.3) is 0 Å². The second-order valence-electron chi connectivity index (χ2n) is 5.54. The summed E-state index contributed by atoms with van der Waals surface area (Å²) in [6.45, 7) is 12.5. The molecule has 20 heavy (non-hydrogen) atoms. The normalized spacial score (nSPS) is 23.3. The summed E-state index contributed by atoms with van der Waals surface area (Å²) in [7, 11) is 0. The molecule has 1 aliphatic rings. The van der Waals surface area contributed by atoms with Crippen LogP contribution in [-0.4, -0.2) is 36.8 Å². The third kappa shape index (κ3) is 3.71. The van der Waals surface area contributed by atoms with E-state index in [1.807, 2.05) is 11.3 Å². The van der Waals surface area contributed by atoms with Crippen molar-refractivity contribution in [3.8, 4) is 0 Å². The number of aryl methyl sites for hydroxylation is 1. The molecule has 1 N–H and O–H groups in total. The van der Waals surface area contributed by atoms with Crippen molar-refractivity contribution in [3.63, 3.8) is 0 Å². The van der Waals surface area contributed by atoms with Gasteiger partial charge in [-0.3, -0.25) is 0 Å². The van der Waals surface area contributed by atoms with Gasteiger partial charge in [-0.1, -0.05) is 13.8 Å². The molecule has 2 rings (SSSR count). The Morgan fingerprint density at radius 3 is 2.90 bits per heavy atom. The van der Waals surface area contributed by atoms with Gasteiger partial charge < -0.3 is 15.0 Å². The summed E-state index contributed by atoms with van der Waals surface area (Å²) in [5.74, 6) is 0. The van der Waals surface area contributed by atoms with Gasteiger partial charge in [-0.25, -0.2) is 4.98 Å². The molecule has 1 saturated heterocycles. The third-order valence-electron chi connectivity index (χ3n) is 3.67. The van der Waals surface area contributed by atoms with Gasteiger partial charge >= 0.3 is 0 Å². The van der Waals surface area contributed by atoms with Crippen LogP contribution in [0, 0.1) is 0 Å². The Bertz CT molecular complexity index is 421. The molecule has 0 bridgehead atoms. The molecule has 5 heteroatoms. The van der Waals surface area contributed by atoms with Gasteiger partial charge in [-0.05, 0) is 33.2 Å². The predicted octanol–water partition coefficient (Wildman–Crippen LogP) is 2.82. The molecule has 0 amide bonds. The first-order chi connectivity index (χ1) is 9.65. The van der Waals surface area contributed by atoms with E-state index in [1.165, 1.54) is 17.0 Å². The first kappa shape index (κ1) is 15.7. The number of morpholine rings is 1. The fourth-order valence-electron chi connectivity index (χ4n) is 2.46. The van der Waals surface area contributed by atoms with Crippen molar-refractivity contribution < 1.29 is 4.74 Å². The van der Waals surface area contributed by atoms with Crippen LogP contribution in [0.15, 0.2) is 0 Å². The zero-order chi connectivity index (χ0) is 14.5. The molecule has 2 unspecified atom stereocenters. The minimum atomic E-state index is 0.293. The lowest BCUT2D eigenvalue weighted by Gasteiger charge is -2.36. The fraction of sp³-hybridized carbons (Fsp3) is 0.800. The number of hydrogen-bond donors (Lipinski definition) is 1. The molecule has 2 heterocycles. The molecular weight excluding hydrogens is 270 g/mol. The molecule has 0 radical (unpaired) electrons. The number of aromatic nitrogens is 1. The number of anilines is 1. The van der Waals surface area contributed by atoms with Crippen LogP contribution < -0.4 is 10.2 Å². The summed E-state index contributed by atoms with van der Waals surface area (Å²) < 4.78 is 5.71. The Balaban J connectivity index is 2.11. The monoisotopic (exact) mass is 297 g/mol. The van der Waals surface area contributed by atoms with Crippen molar-refractivity contribution in [3.05, 3.63) is 10.6 Å². The van der Waals surface area contributed by atoms with E-state index in [0.29, 0.717) is 12.1 Å². The van der Waals surface area contributed by atoms with Crippen LogP contribution in [0.4, 0.5) is 5.13 Å². The lowest BCUT2D eigenvalue weighted by molar-refractivity contribution is 0.0343. The van der Waals surface area contributed by atoms with E-state index in [1.54, 1.807) is 0 Å². The molecule has 1 fully saturated rings. The second kappa shape index (κ2) is 7.38. The largest absolute Gasteiger partial charge is 0.375 e. The summed E-state index contributed by atoms with van der Waals surface area (Å²) in [6.07, 6.45) is 2.47. The molecule has 2 atom stereocenters. The van der Waals surface area contributed by atoms with Gasteiger partial charge in [0.05, 0.1) is 24.4 Å². The second-order valence-corrected chi connectivity index (χ2v) is 6.60. The van der Waals surface area contributed by atoms with Gasteiger partial charge in [-0.15, -0.1) is 11.3 Å². The Morgan fingerprint density at radius 2 is 2.20 bits per heavy atom. The highest BCUT2D eigenvalue weighted by Crippen LogP contribution is 2.30. The standard InChI is InChI=1S/C15H27N3OS/c1-5-7-16-8-14-13(6-2)17-15(20-14)18-9-12(4)19-10-11(18)3/h11-12,16H,5-10H2,1-4H3. The average molecular weight is 297 g/mol. The molecular formula is C15H27N3OS. The molecule has 1 aromatic heterocycles. The number of ether oxygens (including phenoxy) is 1. The zero-order valence-electron chi connectivity index (χ0n) is 13.1. The third-order valence-corrected chi connectivity index (χ3v) is 4.80. The van der Waals surface area contributed by atoms with Gasteiger partial charge in [0, 0.05) is 18.0 Å². The maximum atomic E-state index is 5.71. The van der Waals surface area contributed by atoms with Crippen molar-refractivity contribution in [1.29, 1.82) is 0 Å². The van der Waals surface area contributed by atoms with E-state index in [-0.39, 0.29) is 0 Å². The van der Waals surface area contributed by atoms with Crippen molar-refractivity contribution in [2.24, 2.45) is 0 Å². The van der Waals surface area contributed by atoms with Crippen LogP contribution in [0.1, 0.15) is 44.7 Å². The van der Waals surface area contributed by atoms with E-state index in [9.17, 15) is 0 Å². The van der Waals surface area contributed by atoms with Gasteiger partial charge in [0.15, 0.2) is 5.13 Å². The van der Waals surface area contributed by atoms with Gasteiger partial charge in [0.1, 0.15) is 0 Å². The van der Waals surface area contributed by atoms with Crippen LogP contribution in [0.3, 0.4) is 0 Å². The van der Waals surface area contributed by atoms with E-state index in [2.05, 4.69) is 37.9 Å². The zero-order valence-corrected chi connectivity index (χ0v) is 13.9. The SMILES string of the molecule is CCCNCc1sc(N2CC(C)OCC2C)nc1CC. The minimum Gasteiger partial charge on any atom is -0.375 e. The quantitative estimate of drug-likeness (QED) is 0.819. The molecule has 1 aromatic rings. The number of rotatable bonds is 6. The Hall–Kier alpha value is -0.650. The lowest BCUT2D eigenvalue weighted by atomic mass is 10.2. The predicted molar refractivity (Wildman–Crippen MR) is 85.7 cm³/mol. The number of hydrogen-bond acceptors (Lipinski definition) is 5. The van der Waals surface area contributed by atoms with Gasteiger partial charge in [0.25, 0.3) is 0 Å². The van der Waals surface area contributed by atoms with E-state index in [0.717, 1.165) is 37.8 Å². The maximum absolute atomic E-state index is 5.71. The number of thiazole rings is 1. The average Bonchev–Trinajstić information content (AvgIpc) is 2.85. The van der Waals surface area contributed by atoms with Crippen LogP contribution >= 0.6 is 11.3 Å². The molecule has 1 aliphatic heterocycles. The molecule has 0 spiro atoms. The van der Waals surface area contributed by atoms with Crippen LogP contribution in [0.2, 0.25) is 0 Å². The van der Waals surface area contributed by atoms with Gasteiger partial charge in [0.2, 0.25) is 0 Å². The lowest BCUT2D eigenvalue weighted by Crippen LogP contribution is -2.47. The topological polar surface area (TPSA) is 37.4 Å². The Kier molecular flexibility index (Phi) is 5.81. The van der Waals surface area contributed by atoms with E-state index < -0.39 is 0 Å². The van der Waals surface area contributed by atoms with Crippen molar-refractivity contribution in [1.82, 2.24) is 10.3 Å². The highest BCUT2D eigenvalue weighted by molar-refractivity contribution is 7.15. The van der Waals surface area contributed by atoms with Crippen LogP contribution in [-0.2, 0) is 17.7 Å². The minimum absolute atomic E-state index is 0.293. The van der Waals surface area contributed by atoms with Crippen LogP contribution in [0.5, 0.6) is 0 Å². The molecule has 0 aliphatic carbocycles. The number of nitrogens with one attached hydrogen (secondary N) is 1. The highest BCUT2D eigenvalue weighted by Gasteiger charge is 2.26. The first-order valence-corrected chi connectivity index (χ1v) is 8.54. The Labute approximate surface area is 126 Å². The van der Waals surface area contributed by atoms with Crippen molar-refractivity contribution >= 4 is 16.5 Å². The summed E-state index contributed by atoms with van der Waals surface area (Å²) in [6, 6.07) is 0.415. The van der Waals surface area contributed by atoms with Crippen molar-refractivity contribution in [2.45, 2.75) is 59.2 Å². The fourth-order valence-corrected chi connectivity index (χ4v) is 3.69. The summed E-state index contributed by atoms with van der Waals surface area (Å²) >= 11 is 1.84. The van der Waals surface area contributed by atoms with E-state index in [4.69, 9.17) is 9.72 Å². The maximum Gasteiger partial charge on any atom is 0.186 e. The van der Waals surface area contributed by atoms with Gasteiger partial charge in [-0.2, -0.15) is 0 Å². The first-order valence-electron chi connectivity index (χ1n) is 7.73. The Morgan fingerprint density at radius 1 is 1.40 bits per heavy atom. The van der Waals surface area contributed by atoms with Crippen molar-refractivity contribution in [2.75, 3.05) is 24.6 Å². The summed E-state index contributed by atoms with van der Waals surface area (Å²) in [4.78, 5) is 8.66. The molecule has 4 nitrogen and oxygen atoms in total. The number of nitrogens with zero attached hydrogens (tertiary/aromatic N) is 2. The van der Waals surface area contributed by atoms with E-state index >= 15 is 0 Å². The molecule has 114 valence electrons. The molecule has 0 saturated carbocycles. The summed E-state index contributed by atoms with van der Waals surface area (Å²) in [5.41, 5.74) is 1.25. The summed E-state index contributed by atoms with van der Waals surface area (Å²) in [5, 5.41) is 4.65. The molecule has 0 aromatic carbocycles. The smallest absolute Gasteiger partial charge is 0.186 e.